The van der Waals surface area contributed by atoms with Crippen LogP contribution in [0.2, 0.25) is 0 Å². The molecule has 2 aromatic carbocycles. The molecule has 0 atom stereocenters. The van der Waals surface area contributed by atoms with Crippen molar-refractivity contribution in [1.82, 2.24) is 0 Å². The second-order valence-electron chi connectivity index (χ2n) is 3.40. The van der Waals surface area contributed by atoms with Crippen LogP contribution in [-0.2, 0) is 0 Å². The second-order valence-corrected chi connectivity index (χ2v) is 3.40. The van der Waals surface area contributed by atoms with Gasteiger partial charge in [-0.3, -0.25) is 0 Å². The Morgan fingerprint density at radius 3 is 0.867 bits per heavy atom. The van der Waals surface area contributed by atoms with E-state index < -0.39 is 0 Å². The van der Waals surface area contributed by atoms with E-state index in [2.05, 4.69) is 59.2 Å². The third-order valence-corrected chi connectivity index (χ3v) is 2.35. The minimum absolute atomic E-state index is 0. The summed E-state index contributed by atoms with van der Waals surface area (Å²) in [6.45, 7) is 0. The Hall–Kier alpha value is -1.67. The van der Waals surface area contributed by atoms with E-state index in [4.69, 9.17) is 0 Å². The molecule has 2 nitrogen and oxygen atoms in total. The second kappa shape index (κ2) is 3.83. The maximum atomic E-state index is 3.33. The highest BCUT2D eigenvalue weighted by Crippen LogP contribution is 2.25. The largest absolute Gasteiger partial charge is 0.356 e. The van der Waals surface area contributed by atoms with E-state index >= 15 is 0 Å². The molecule has 0 aromatic heterocycles. The van der Waals surface area contributed by atoms with Crippen LogP contribution < -0.4 is 10.6 Å². The summed E-state index contributed by atoms with van der Waals surface area (Å²) in [5, 5.41) is 6.66. The number of hydrogen-bond donors (Lipinski definition) is 2. The highest BCUT2D eigenvalue weighted by molar-refractivity contribution is 5.85. The average Bonchev–Trinajstić information content (AvgIpc) is 2.27. The summed E-state index contributed by atoms with van der Waals surface area (Å²) in [5.41, 5.74) is 4.46. The van der Waals surface area contributed by atoms with Gasteiger partial charge in [0.15, 0.2) is 0 Å². The van der Waals surface area contributed by atoms with E-state index in [1.54, 1.807) is 0 Å². The molecule has 2 N–H and O–H groups in total. The lowest BCUT2D eigenvalue weighted by molar-refractivity contribution is 1.48. The number of rotatable bonds is 0. The maximum absolute atomic E-state index is 3.33. The smallest absolute Gasteiger partial charge is 0.0385 e. The fourth-order valence-electron chi connectivity index (χ4n) is 1.61. The van der Waals surface area contributed by atoms with Crippen LogP contribution in [0.15, 0.2) is 48.5 Å². The summed E-state index contributed by atoms with van der Waals surface area (Å²) >= 11 is 0. The Balaban J connectivity index is 0.000000853. The van der Waals surface area contributed by atoms with Crippen LogP contribution in [0.25, 0.3) is 0 Å². The maximum Gasteiger partial charge on any atom is 0.0385 e. The average molecular weight is 219 g/mol. The minimum Gasteiger partial charge on any atom is -0.356 e. The Bertz CT molecular complexity index is 361. The highest BCUT2D eigenvalue weighted by Gasteiger charge is 2.00. The van der Waals surface area contributed by atoms with Gasteiger partial charge >= 0.3 is 0 Å². The molecule has 3 heteroatoms. The molecule has 0 spiro atoms. The highest BCUT2D eigenvalue weighted by atomic mass is 35.5. The van der Waals surface area contributed by atoms with E-state index in [9.17, 15) is 0 Å². The third-order valence-electron chi connectivity index (χ3n) is 2.35. The first-order valence-corrected chi connectivity index (χ1v) is 4.64. The SMILES string of the molecule is Cl.c1cc2ccc1Nc1ccc(cc1)N2. The molecule has 4 heterocycles. The molecule has 0 fully saturated rings. The first kappa shape index (κ1) is 9.87. The summed E-state index contributed by atoms with van der Waals surface area (Å²) in [5.74, 6) is 0. The van der Waals surface area contributed by atoms with E-state index in [0.717, 1.165) is 22.7 Å². The van der Waals surface area contributed by atoms with Crippen molar-refractivity contribution in [2.24, 2.45) is 0 Å². The molecule has 6 rings (SSSR count). The summed E-state index contributed by atoms with van der Waals surface area (Å²) in [6.07, 6.45) is 0. The van der Waals surface area contributed by atoms with Crippen molar-refractivity contribution >= 4 is 35.2 Å². The molecule has 4 aliphatic heterocycles. The van der Waals surface area contributed by atoms with Gasteiger partial charge in [0.2, 0.25) is 0 Å². The molecular formula is C12H11ClN2. The molecule has 76 valence electrons. The van der Waals surface area contributed by atoms with Gasteiger partial charge in [0.05, 0.1) is 0 Å². The third kappa shape index (κ3) is 1.90. The molecule has 15 heavy (non-hydrogen) atoms. The molecule has 4 aliphatic rings. The van der Waals surface area contributed by atoms with Crippen LogP contribution >= 0.6 is 12.4 Å². The molecule has 2 aromatic rings. The zero-order valence-electron chi connectivity index (χ0n) is 8.03. The molecule has 0 unspecified atom stereocenters. The van der Waals surface area contributed by atoms with Crippen LogP contribution in [-0.4, -0.2) is 0 Å². The van der Waals surface area contributed by atoms with E-state index in [-0.39, 0.29) is 12.4 Å². The molecule has 4 bridgehead atoms. The lowest BCUT2D eigenvalue weighted by atomic mass is 10.2. The lowest BCUT2D eigenvalue weighted by Gasteiger charge is -2.13. The number of hydrogen-bond acceptors (Lipinski definition) is 2. The van der Waals surface area contributed by atoms with Gasteiger partial charge in [-0.25, -0.2) is 0 Å². The Morgan fingerprint density at radius 1 is 0.467 bits per heavy atom. The lowest BCUT2D eigenvalue weighted by Crippen LogP contribution is -1.96. The summed E-state index contributed by atoms with van der Waals surface area (Å²) < 4.78 is 0. The molecular weight excluding hydrogens is 208 g/mol. The van der Waals surface area contributed by atoms with Gasteiger partial charge in [0.25, 0.3) is 0 Å². The van der Waals surface area contributed by atoms with Crippen molar-refractivity contribution in [3.05, 3.63) is 48.5 Å². The van der Waals surface area contributed by atoms with Crippen LogP contribution in [0.4, 0.5) is 22.7 Å². The van der Waals surface area contributed by atoms with Gasteiger partial charge in [-0.15, -0.1) is 12.4 Å². The van der Waals surface area contributed by atoms with Crippen LogP contribution in [0.1, 0.15) is 0 Å². The van der Waals surface area contributed by atoms with Gasteiger partial charge in [0, 0.05) is 22.7 Å². The summed E-state index contributed by atoms with van der Waals surface area (Å²) in [7, 11) is 0. The summed E-state index contributed by atoms with van der Waals surface area (Å²) in [4.78, 5) is 0. The number of nitrogens with one attached hydrogen (secondary N) is 2. The number of anilines is 4. The Kier molecular flexibility index (Phi) is 2.52. The molecule has 0 saturated carbocycles. The van der Waals surface area contributed by atoms with Crippen molar-refractivity contribution < 1.29 is 0 Å². The topological polar surface area (TPSA) is 24.1 Å². The Labute approximate surface area is 94.7 Å². The van der Waals surface area contributed by atoms with Crippen molar-refractivity contribution in [2.45, 2.75) is 0 Å². The molecule has 0 saturated heterocycles. The van der Waals surface area contributed by atoms with Crippen LogP contribution in [0, 0.1) is 0 Å². The van der Waals surface area contributed by atoms with E-state index in [0.29, 0.717) is 0 Å². The van der Waals surface area contributed by atoms with Crippen LogP contribution in [0.3, 0.4) is 0 Å². The zero-order valence-corrected chi connectivity index (χ0v) is 8.84. The zero-order chi connectivity index (χ0) is 9.38. The Morgan fingerprint density at radius 2 is 0.667 bits per heavy atom. The van der Waals surface area contributed by atoms with E-state index in [1.165, 1.54) is 0 Å². The predicted molar refractivity (Wildman–Crippen MR) is 66.7 cm³/mol. The first-order chi connectivity index (χ1) is 6.90. The van der Waals surface area contributed by atoms with Crippen molar-refractivity contribution in [3.8, 4) is 0 Å². The normalized spacial score (nSPS) is 11.2. The standard InChI is InChI=1S/C12H10N2.ClH/c1-2-10-4-3-9(1)13-11-5-7-12(14-10)8-6-11;/h1-8,13-14H;1H. The van der Waals surface area contributed by atoms with Crippen molar-refractivity contribution in [3.63, 3.8) is 0 Å². The fraction of sp³-hybridized carbons (Fsp3) is 0. The quantitative estimate of drug-likeness (QED) is 0.598. The fourth-order valence-corrected chi connectivity index (χ4v) is 1.61. The van der Waals surface area contributed by atoms with Gasteiger partial charge < -0.3 is 10.6 Å². The predicted octanol–water partition coefficient (Wildman–Crippen LogP) is 3.91. The first-order valence-electron chi connectivity index (χ1n) is 4.64. The van der Waals surface area contributed by atoms with Crippen LogP contribution in [0.5, 0.6) is 0 Å². The van der Waals surface area contributed by atoms with Gasteiger partial charge in [-0.1, -0.05) is 0 Å². The van der Waals surface area contributed by atoms with E-state index in [1.807, 2.05) is 0 Å². The molecule has 0 aliphatic carbocycles. The van der Waals surface area contributed by atoms with Crippen molar-refractivity contribution in [1.29, 1.82) is 0 Å². The van der Waals surface area contributed by atoms with Crippen molar-refractivity contribution in [2.75, 3.05) is 10.6 Å². The monoisotopic (exact) mass is 218 g/mol. The summed E-state index contributed by atoms with van der Waals surface area (Å²) in [6, 6.07) is 16.5. The van der Waals surface area contributed by atoms with Gasteiger partial charge in [0.1, 0.15) is 0 Å². The van der Waals surface area contributed by atoms with Gasteiger partial charge in [-0.05, 0) is 48.5 Å². The number of halogens is 1. The minimum atomic E-state index is 0. The molecule has 0 radical (unpaired) electrons. The number of benzene rings is 2. The molecule has 0 amide bonds. The van der Waals surface area contributed by atoms with Gasteiger partial charge in [-0.2, -0.15) is 0 Å².